The molecule has 132 valence electrons. The summed E-state index contributed by atoms with van der Waals surface area (Å²) < 4.78 is 4.96. The van der Waals surface area contributed by atoms with E-state index in [1.54, 1.807) is 24.6 Å². The van der Waals surface area contributed by atoms with Crippen LogP contribution in [0, 0.1) is 0 Å². The van der Waals surface area contributed by atoms with Crippen molar-refractivity contribution in [1.82, 2.24) is 10.2 Å². The third kappa shape index (κ3) is 6.39. The van der Waals surface area contributed by atoms with Crippen LogP contribution in [0.1, 0.15) is 21.7 Å². The van der Waals surface area contributed by atoms with Gasteiger partial charge < -0.3 is 15.0 Å². The largest absolute Gasteiger partial charge is 0.456 e. The van der Waals surface area contributed by atoms with E-state index in [0.29, 0.717) is 11.4 Å². The van der Waals surface area contributed by atoms with Gasteiger partial charge in [0.05, 0.1) is 11.3 Å². The van der Waals surface area contributed by atoms with E-state index in [0.717, 1.165) is 5.56 Å². The van der Waals surface area contributed by atoms with E-state index in [2.05, 4.69) is 5.32 Å². The Morgan fingerprint density at radius 3 is 2.56 bits per heavy atom. The number of nitrogens with one attached hydrogen (secondary N) is 1. The molecule has 0 unspecified atom stereocenters. The number of likely N-dealkylation sites (N-methyl/N-ethyl adjacent to an activating group) is 1. The average Bonchev–Trinajstić information content (AvgIpc) is 3.15. The number of nitrogens with zero attached hydrogens (tertiary/aromatic N) is 1. The van der Waals surface area contributed by atoms with Gasteiger partial charge in [-0.1, -0.05) is 36.4 Å². The van der Waals surface area contributed by atoms with Gasteiger partial charge in [0.2, 0.25) is 0 Å². The second-order valence-electron chi connectivity index (χ2n) is 5.38. The smallest absolute Gasteiger partial charge is 0.308 e. The van der Waals surface area contributed by atoms with Crippen molar-refractivity contribution in [3.05, 3.63) is 58.3 Å². The Labute approximate surface area is 150 Å². The van der Waals surface area contributed by atoms with Gasteiger partial charge in [-0.25, -0.2) is 0 Å². The van der Waals surface area contributed by atoms with Crippen molar-refractivity contribution < 1.29 is 19.1 Å². The van der Waals surface area contributed by atoms with Crippen LogP contribution < -0.4 is 5.32 Å². The summed E-state index contributed by atoms with van der Waals surface area (Å²) in [4.78, 5) is 37.4. The predicted octanol–water partition coefficient (Wildman–Crippen LogP) is 2.07. The zero-order chi connectivity index (χ0) is 18.1. The Hall–Kier alpha value is -2.67. The predicted molar refractivity (Wildman–Crippen MR) is 95.1 cm³/mol. The number of rotatable bonds is 8. The van der Waals surface area contributed by atoms with E-state index in [4.69, 9.17) is 4.74 Å². The van der Waals surface area contributed by atoms with Crippen molar-refractivity contribution >= 4 is 29.1 Å². The number of esters is 1. The SMILES string of the molecule is CN(Cc1ccccc1)C(=O)COC(=O)CCNC(=O)c1cccs1. The van der Waals surface area contributed by atoms with Gasteiger partial charge in [-0.15, -0.1) is 11.3 Å². The van der Waals surface area contributed by atoms with Gasteiger partial charge in [-0.3, -0.25) is 14.4 Å². The molecular formula is C18H20N2O4S. The molecule has 1 aromatic carbocycles. The van der Waals surface area contributed by atoms with E-state index in [9.17, 15) is 14.4 Å². The fraction of sp³-hybridized carbons (Fsp3) is 0.278. The van der Waals surface area contributed by atoms with E-state index in [1.807, 2.05) is 30.3 Å². The van der Waals surface area contributed by atoms with Crippen molar-refractivity contribution in [1.29, 1.82) is 0 Å². The average molecular weight is 360 g/mol. The Balaban J connectivity index is 1.63. The molecule has 0 bridgehead atoms. The van der Waals surface area contributed by atoms with Gasteiger partial charge in [-0.2, -0.15) is 0 Å². The molecule has 1 aromatic heterocycles. The minimum Gasteiger partial charge on any atom is -0.456 e. The highest BCUT2D eigenvalue weighted by atomic mass is 32.1. The van der Waals surface area contributed by atoms with Crippen LogP contribution in [0.5, 0.6) is 0 Å². The molecular weight excluding hydrogens is 340 g/mol. The highest BCUT2D eigenvalue weighted by molar-refractivity contribution is 7.12. The molecule has 1 heterocycles. The summed E-state index contributed by atoms with van der Waals surface area (Å²) in [7, 11) is 1.66. The summed E-state index contributed by atoms with van der Waals surface area (Å²) in [5.41, 5.74) is 1.00. The quantitative estimate of drug-likeness (QED) is 0.731. The summed E-state index contributed by atoms with van der Waals surface area (Å²) in [6, 6.07) is 13.0. The number of thiophene rings is 1. The van der Waals surface area contributed by atoms with Crippen LogP contribution >= 0.6 is 11.3 Å². The van der Waals surface area contributed by atoms with E-state index in [-0.39, 0.29) is 31.4 Å². The highest BCUT2D eigenvalue weighted by Gasteiger charge is 2.13. The Morgan fingerprint density at radius 1 is 1.12 bits per heavy atom. The van der Waals surface area contributed by atoms with Gasteiger partial charge in [0, 0.05) is 20.1 Å². The molecule has 7 heteroatoms. The summed E-state index contributed by atoms with van der Waals surface area (Å²) >= 11 is 1.33. The van der Waals surface area contributed by atoms with Crippen LogP contribution in [-0.4, -0.2) is 42.9 Å². The first-order valence-corrected chi connectivity index (χ1v) is 8.69. The summed E-state index contributed by atoms with van der Waals surface area (Å²) in [6.45, 7) is 0.318. The molecule has 0 atom stereocenters. The van der Waals surface area contributed by atoms with Crippen LogP contribution in [0.4, 0.5) is 0 Å². The maximum Gasteiger partial charge on any atom is 0.308 e. The third-order valence-electron chi connectivity index (χ3n) is 3.40. The van der Waals surface area contributed by atoms with Crippen LogP contribution in [0.15, 0.2) is 47.8 Å². The maximum absolute atomic E-state index is 12.0. The zero-order valence-electron chi connectivity index (χ0n) is 13.9. The molecule has 2 amide bonds. The first-order valence-electron chi connectivity index (χ1n) is 7.81. The minimum absolute atomic E-state index is 0.0206. The summed E-state index contributed by atoms with van der Waals surface area (Å²) in [5.74, 6) is -1.02. The fourth-order valence-corrected chi connectivity index (χ4v) is 2.68. The molecule has 0 radical (unpaired) electrons. The molecule has 0 spiro atoms. The van der Waals surface area contributed by atoms with Crippen molar-refractivity contribution in [3.8, 4) is 0 Å². The lowest BCUT2D eigenvalue weighted by Gasteiger charge is -2.17. The number of amides is 2. The van der Waals surface area contributed by atoms with Crippen molar-refractivity contribution in [2.45, 2.75) is 13.0 Å². The van der Waals surface area contributed by atoms with Crippen molar-refractivity contribution in [2.24, 2.45) is 0 Å². The minimum atomic E-state index is -0.520. The normalized spacial score (nSPS) is 10.1. The van der Waals surface area contributed by atoms with Crippen LogP contribution in [0.2, 0.25) is 0 Å². The Morgan fingerprint density at radius 2 is 1.88 bits per heavy atom. The van der Waals surface area contributed by atoms with Crippen LogP contribution in [0.3, 0.4) is 0 Å². The first kappa shape index (κ1) is 18.7. The molecule has 0 saturated carbocycles. The fourth-order valence-electron chi connectivity index (χ4n) is 2.04. The lowest BCUT2D eigenvalue weighted by molar-refractivity contribution is -0.151. The maximum atomic E-state index is 12.0. The highest BCUT2D eigenvalue weighted by Crippen LogP contribution is 2.07. The Bertz CT molecular complexity index is 701. The zero-order valence-corrected chi connectivity index (χ0v) is 14.8. The lowest BCUT2D eigenvalue weighted by atomic mass is 10.2. The Kier molecular flexibility index (Phi) is 7.16. The van der Waals surface area contributed by atoms with Gasteiger partial charge in [0.15, 0.2) is 6.61 Å². The molecule has 0 aliphatic rings. The second kappa shape index (κ2) is 9.58. The molecule has 0 aliphatic heterocycles. The monoisotopic (exact) mass is 360 g/mol. The molecule has 2 aromatic rings. The van der Waals surface area contributed by atoms with Crippen LogP contribution in [-0.2, 0) is 20.9 Å². The number of carbonyl (C=O) groups is 3. The number of carbonyl (C=O) groups excluding carboxylic acids is 3. The number of benzene rings is 1. The molecule has 25 heavy (non-hydrogen) atoms. The first-order chi connectivity index (χ1) is 12.1. The third-order valence-corrected chi connectivity index (χ3v) is 4.27. The standard InChI is InChI=1S/C18H20N2O4S/c1-20(12-14-6-3-2-4-7-14)16(21)13-24-17(22)9-10-19-18(23)15-8-5-11-25-15/h2-8,11H,9-10,12-13H2,1H3,(H,19,23). The molecule has 2 rings (SSSR count). The molecule has 0 saturated heterocycles. The van der Waals surface area contributed by atoms with Crippen molar-refractivity contribution in [2.75, 3.05) is 20.2 Å². The van der Waals surface area contributed by atoms with E-state index < -0.39 is 5.97 Å². The van der Waals surface area contributed by atoms with Gasteiger partial charge in [-0.05, 0) is 17.0 Å². The van der Waals surface area contributed by atoms with Crippen LogP contribution in [0.25, 0.3) is 0 Å². The topological polar surface area (TPSA) is 75.7 Å². The molecule has 0 fully saturated rings. The molecule has 0 aliphatic carbocycles. The van der Waals surface area contributed by atoms with Gasteiger partial charge in [0.25, 0.3) is 11.8 Å². The number of ether oxygens (including phenoxy) is 1. The van der Waals surface area contributed by atoms with Gasteiger partial charge >= 0.3 is 5.97 Å². The summed E-state index contributed by atoms with van der Waals surface area (Å²) in [6.07, 6.45) is 0.0206. The lowest BCUT2D eigenvalue weighted by Crippen LogP contribution is -2.31. The molecule has 6 nitrogen and oxygen atoms in total. The van der Waals surface area contributed by atoms with E-state index >= 15 is 0 Å². The molecule has 1 N–H and O–H groups in total. The number of hydrogen-bond acceptors (Lipinski definition) is 5. The van der Waals surface area contributed by atoms with E-state index in [1.165, 1.54) is 16.2 Å². The van der Waals surface area contributed by atoms with Gasteiger partial charge in [0.1, 0.15) is 0 Å². The second-order valence-corrected chi connectivity index (χ2v) is 6.33. The summed E-state index contributed by atoms with van der Waals surface area (Å²) in [5, 5.41) is 4.44. The van der Waals surface area contributed by atoms with Crippen molar-refractivity contribution in [3.63, 3.8) is 0 Å². The number of hydrogen-bond donors (Lipinski definition) is 1.